The van der Waals surface area contributed by atoms with Gasteiger partial charge in [0, 0.05) is 31.3 Å². The number of aryl methyl sites for hydroxylation is 1. The first-order chi connectivity index (χ1) is 12.0. The van der Waals surface area contributed by atoms with Crippen LogP contribution in [0.25, 0.3) is 6.08 Å². The zero-order chi connectivity index (χ0) is 18.2. The fraction of sp³-hybridized carbons (Fsp3) is 0.474. The van der Waals surface area contributed by atoms with E-state index in [0.29, 0.717) is 18.9 Å². The van der Waals surface area contributed by atoms with Crippen LogP contribution in [0.15, 0.2) is 24.3 Å². The molecule has 1 unspecified atom stereocenters. The molecule has 1 aliphatic rings. The number of methoxy groups -OCH3 is 1. The predicted molar refractivity (Wildman–Crippen MR) is 94.6 cm³/mol. The van der Waals surface area contributed by atoms with Crippen LogP contribution in [0.2, 0.25) is 0 Å². The molecule has 1 heterocycles. The third-order valence-corrected chi connectivity index (χ3v) is 4.15. The van der Waals surface area contributed by atoms with Gasteiger partial charge in [-0.2, -0.15) is 0 Å². The predicted octanol–water partition coefficient (Wildman–Crippen LogP) is 2.50. The Balaban J connectivity index is 2.08. The summed E-state index contributed by atoms with van der Waals surface area (Å²) >= 11 is 0. The first-order valence-corrected chi connectivity index (χ1v) is 8.44. The van der Waals surface area contributed by atoms with Gasteiger partial charge in [0.1, 0.15) is 5.75 Å². The summed E-state index contributed by atoms with van der Waals surface area (Å²) in [5.74, 6) is -0.458. The second-order valence-corrected chi connectivity index (χ2v) is 6.14. The lowest BCUT2D eigenvalue weighted by Gasteiger charge is -2.23. The Labute approximate surface area is 148 Å². The SMILES string of the molecule is COc1ccc(C)cc1/C=C/C(=O)N(CCC(=O)O)CC1CCCO1. The van der Waals surface area contributed by atoms with Crippen LogP contribution < -0.4 is 4.74 Å². The van der Waals surface area contributed by atoms with Crippen LogP contribution in [-0.4, -0.2) is 54.8 Å². The number of carbonyl (C=O) groups excluding carboxylic acids is 1. The van der Waals surface area contributed by atoms with Gasteiger partial charge >= 0.3 is 5.97 Å². The van der Waals surface area contributed by atoms with Crippen molar-refractivity contribution in [2.45, 2.75) is 32.3 Å². The van der Waals surface area contributed by atoms with Gasteiger partial charge in [-0.15, -0.1) is 0 Å². The molecule has 1 aliphatic heterocycles. The molecule has 1 N–H and O–H groups in total. The number of carboxylic acid groups (broad SMARTS) is 1. The minimum Gasteiger partial charge on any atom is -0.496 e. The van der Waals surface area contributed by atoms with Gasteiger partial charge in [0.15, 0.2) is 0 Å². The second-order valence-electron chi connectivity index (χ2n) is 6.14. The van der Waals surface area contributed by atoms with E-state index in [0.717, 1.165) is 24.0 Å². The molecule has 1 amide bonds. The maximum absolute atomic E-state index is 12.6. The van der Waals surface area contributed by atoms with E-state index in [2.05, 4.69) is 0 Å². The Morgan fingerprint density at radius 1 is 1.44 bits per heavy atom. The summed E-state index contributed by atoms with van der Waals surface area (Å²) in [7, 11) is 1.58. The summed E-state index contributed by atoms with van der Waals surface area (Å²) in [6.07, 6.45) is 4.94. The smallest absolute Gasteiger partial charge is 0.305 e. The van der Waals surface area contributed by atoms with Crippen LogP contribution in [0.4, 0.5) is 0 Å². The number of ether oxygens (including phenoxy) is 2. The maximum atomic E-state index is 12.6. The second kappa shape index (κ2) is 9.22. The molecule has 0 spiro atoms. The Bertz CT molecular complexity index is 635. The summed E-state index contributed by atoms with van der Waals surface area (Å²) < 4.78 is 10.9. The average molecular weight is 347 g/mol. The number of aliphatic carboxylic acids is 1. The van der Waals surface area contributed by atoms with E-state index in [1.54, 1.807) is 18.1 Å². The standard InChI is InChI=1S/C19H25NO5/c1-14-5-7-17(24-2)15(12-14)6-8-18(21)20(10-9-19(22)23)13-16-4-3-11-25-16/h5-8,12,16H,3-4,9-11,13H2,1-2H3,(H,22,23)/b8-6+. The van der Waals surface area contributed by atoms with Crippen LogP contribution in [0, 0.1) is 6.92 Å². The molecular weight excluding hydrogens is 322 g/mol. The molecule has 1 saturated heterocycles. The molecule has 136 valence electrons. The fourth-order valence-corrected chi connectivity index (χ4v) is 2.81. The Hall–Kier alpha value is -2.34. The van der Waals surface area contributed by atoms with E-state index < -0.39 is 5.97 Å². The van der Waals surface area contributed by atoms with Gasteiger partial charge in [-0.25, -0.2) is 0 Å². The Morgan fingerprint density at radius 2 is 2.24 bits per heavy atom. The third-order valence-electron chi connectivity index (χ3n) is 4.15. The summed E-state index contributed by atoms with van der Waals surface area (Å²) in [4.78, 5) is 25.0. The topological polar surface area (TPSA) is 76.1 Å². The quantitative estimate of drug-likeness (QED) is 0.731. The molecule has 0 aliphatic carbocycles. The van der Waals surface area contributed by atoms with Crippen molar-refractivity contribution in [2.75, 3.05) is 26.8 Å². The number of carboxylic acids is 1. The lowest BCUT2D eigenvalue weighted by molar-refractivity contribution is -0.138. The van der Waals surface area contributed by atoms with Crippen molar-refractivity contribution in [3.63, 3.8) is 0 Å². The van der Waals surface area contributed by atoms with Gasteiger partial charge in [0.2, 0.25) is 5.91 Å². The molecule has 0 bridgehead atoms. The number of hydrogen-bond acceptors (Lipinski definition) is 4. The molecule has 0 radical (unpaired) electrons. The number of rotatable bonds is 8. The maximum Gasteiger partial charge on any atom is 0.305 e. The van der Waals surface area contributed by atoms with Gasteiger partial charge in [0.05, 0.1) is 19.6 Å². The molecule has 6 heteroatoms. The molecule has 1 aromatic rings. The van der Waals surface area contributed by atoms with Gasteiger partial charge in [-0.3, -0.25) is 9.59 Å². The zero-order valence-electron chi connectivity index (χ0n) is 14.7. The van der Waals surface area contributed by atoms with E-state index in [-0.39, 0.29) is 25.0 Å². The number of amides is 1. The highest BCUT2D eigenvalue weighted by Gasteiger charge is 2.22. The normalized spacial score (nSPS) is 17.0. The van der Waals surface area contributed by atoms with Gasteiger partial charge in [-0.1, -0.05) is 11.6 Å². The largest absolute Gasteiger partial charge is 0.496 e. The van der Waals surface area contributed by atoms with Crippen molar-refractivity contribution in [1.82, 2.24) is 4.90 Å². The van der Waals surface area contributed by atoms with Crippen molar-refractivity contribution >= 4 is 18.0 Å². The van der Waals surface area contributed by atoms with E-state index in [1.807, 2.05) is 25.1 Å². The number of benzene rings is 1. The molecule has 1 atom stereocenters. The monoisotopic (exact) mass is 347 g/mol. The molecule has 1 fully saturated rings. The van der Waals surface area contributed by atoms with E-state index >= 15 is 0 Å². The average Bonchev–Trinajstić information content (AvgIpc) is 3.09. The highest BCUT2D eigenvalue weighted by Crippen LogP contribution is 2.21. The molecule has 0 saturated carbocycles. The third kappa shape index (κ3) is 5.90. The van der Waals surface area contributed by atoms with Crippen LogP contribution in [0.5, 0.6) is 5.75 Å². The summed E-state index contributed by atoms with van der Waals surface area (Å²) in [6.45, 7) is 3.25. The lowest BCUT2D eigenvalue weighted by atomic mass is 10.1. The molecule has 6 nitrogen and oxygen atoms in total. The molecule has 0 aromatic heterocycles. The highest BCUT2D eigenvalue weighted by molar-refractivity contribution is 5.92. The van der Waals surface area contributed by atoms with Crippen molar-refractivity contribution < 1.29 is 24.2 Å². The number of carbonyl (C=O) groups is 2. The first-order valence-electron chi connectivity index (χ1n) is 8.44. The van der Waals surface area contributed by atoms with Gasteiger partial charge < -0.3 is 19.5 Å². The Morgan fingerprint density at radius 3 is 2.88 bits per heavy atom. The van der Waals surface area contributed by atoms with E-state index in [9.17, 15) is 9.59 Å². The van der Waals surface area contributed by atoms with Crippen LogP contribution in [0.3, 0.4) is 0 Å². The number of hydrogen-bond donors (Lipinski definition) is 1. The minimum atomic E-state index is -0.922. The fourth-order valence-electron chi connectivity index (χ4n) is 2.81. The van der Waals surface area contributed by atoms with Crippen LogP contribution in [-0.2, 0) is 14.3 Å². The zero-order valence-corrected chi connectivity index (χ0v) is 14.7. The van der Waals surface area contributed by atoms with Crippen LogP contribution >= 0.6 is 0 Å². The van der Waals surface area contributed by atoms with E-state index in [4.69, 9.17) is 14.6 Å². The minimum absolute atomic E-state index is 0.0142. The highest BCUT2D eigenvalue weighted by atomic mass is 16.5. The van der Waals surface area contributed by atoms with Gasteiger partial charge in [0.25, 0.3) is 0 Å². The molecule has 2 rings (SSSR count). The first kappa shape index (κ1) is 19.0. The van der Waals surface area contributed by atoms with Crippen molar-refractivity contribution in [3.8, 4) is 5.75 Å². The van der Waals surface area contributed by atoms with Gasteiger partial charge in [-0.05, 0) is 38.0 Å². The van der Waals surface area contributed by atoms with Crippen LogP contribution in [0.1, 0.15) is 30.4 Å². The van der Waals surface area contributed by atoms with E-state index in [1.165, 1.54) is 6.08 Å². The summed E-state index contributed by atoms with van der Waals surface area (Å²) in [5.41, 5.74) is 1.88. The van der Waals surface area contributed by atoms with Crippen molar-refractivity contribution in [3.05, 3.63) is 35.4 Å². The molecular formula is C19H25NO5. The lowest BCUT2D eigenvalue weighted by Crippen LogP contribution is -2.37. The van der Waals surface area contributed by atoms with Crippen molar-refractivity contribution in [2.24, 2.45) is 0 Å². The Kier molecular flexibility index (Phi) is 7.01. The molecule has 25 heavy (non-hydrogen) atoms. The number of nitrogens with zero attached hydrogens (tertiary/aromatic N) is 1. The summed E-state index contributed by atoms with van der Waals surface area (Å²) in [6, 6.07) is 5.73. The molecule has 1 aromatic carbocycles. The van der Waals surface area contributed by atoms with Crippen molar-refractivity contribution in [1.29, 1.82) is 0 Å². The summed E-state index contributed by atoms with van der Waals surface area (Å²) in [5, 5.41) is 8.91.